The summed E-state index contributed by atoms with van der Waals surface area (Å²) in [4.78, 5) is 2.41. The summed E-state index contributed by atoms with van der Waals surface area (Å²) in [6.07, 6.45) is 7.02. The van der Waals surface area contributed by atoms with Crippen molar-refractivity contribution < 1.29 is 0 Å². The number of nitrogens with two attached hydrogens (primary N) is 1. The van der Waals surface area contributed by atoms with Gasteiger partial charge in [-0.15, -0.1) is 0 Å². The van der Waals surface area contributed by atoms with E-state index in [1.54, 1.807) is 0 Å². The lowest BCUT2D eigenvalue weighted by Crippen LogP contribution is -2.24. The van der Waals surface area contributed by atoms with E-state index >= 15 is 0 Å². The van der Waals surface area contributed by atoms with Gasteiger partial charge in [0.15, 0.2) is 0 Å². The van der Waals surface area contributed by atoms with E-state index in [-0.39, 0.29) is 0 Å². The molecule has 4 nitrogen and oxygen atoms in total. The highest BCUT2D eigenvalue weighted by Crippen LogP contribution is 2.29. The van der Waals surface area contributed by atoms with Crippen LogP contribution in [0.4, 0.5) is 11.4 Å². The number of fused-ring (bicyclic) bond motifs is 1. The average molecular weight is 230 g/mol. The van der Waals surface area contributed by atoms with Crippen LogP contribution in [0.25, 0.3) is 10.9 Å². The Kier molecular flexibility index (Phi) is 2.63. The fourth-order valence-electron chi connectivity index (χ4n) is 2.58. The largest absolute Gasteiger partial charge is 0.397 e. The van der Waals surface area contributed by atoms with Gasteiger partial charge in [0.2, 0.25) is 0 Å². The van der Waals surface area contributed by atoms with Crippen molar-refractivity contribution in [2.24, 2.45) is 0 Å². The molecule has 0 bridgehead atoms. The standard InChI is InChI=1S/C13H18N4/c14-11-7-10-9-15-16-12(10)8-13(11)17-5-3-1-2-4-6-17/h7-9H,1-6,14H2,(H,15,16). The van der Waals surface area contributed by atoms with Crippen molar-refractivity contribution in [1.29, 1.82) is 0 Å². The van der Waals surface area contributed by atoms with Crippen LogP contribution in [0.15, 0.2) is 18.3 Å². The van der Waals surface area contributed by atoms with Crippen molar-refractivity contribution >= 4 is 22.3 Å². The zero-order valence-corrected chi connectivity index (χ0v) is 9.95. The van der Waals surface area contributed by atoms with Crippen LogP contribution in [-0.2, 0) is 0 Å². The first-order chi connectivity index (χ1) is 8.34. The molecule has 1 aliphatic rings. The Balaban J connectivity index is 1.99. The molecule has 0 radical (unpaired) electrons. The molecule has 0 amide bonds. The molecule has 3 N–H and O–H groups in total. The van der Waals surface area contributed by atoms with Gasteiger partial charge in [0.25, 0.3) is 0 Å². The summed E-state index contributed by atoms with van der Waals surface area (Å²) in [5, 5.41) is 8.14. The van der Waals surface area contributed by atoms with Crippen molar-refractivity contribution in [1.82, 2.24) is 10.2 Å². The zero-order valence-electron chi connectivity index (χ0n) is 9.95. The second kappa shape index (κ2) is 4.28. The Bertz CT molecular complexity index is 509. The van der Waals surface area contributed by atoms with Crippen LogP contribution in [-0.4, -0.2) is 23.3 Å². The number of nitrogens with one attached hydrogen (secondary N) is 1. The van der Waals surface area contributed by atoms with Crippen LogP contribution in [0.2, 0.25) is 0 Å². The number of rotatable bonds is 1. The van der Waals surface area contributed by atoms with Gasteiger partial charge in [0.1, 0.15) is 0 Å². The molecule has 2 heterocycles. The Morgan fingerprint density at radius 2 is 1.88 bits per heavy atom. The highest BCUT2D eigenvalue weighted by molar-refractivity contribution is 5.88. The fourth-order valence-corrected chi connectivity index (χ4v) is 2.58. The number of nitrogen functional groups attached to an aromatic ring is 1. The molecule has 0 saturated carbocycles. The maximum atomic E-state index is 6.14. The van der Waals surface area contributed by atoms with Crippen molar-refractivity contribution in [3.05, 3.63) is 18.3 Å². The number of anilines is 2. The molecule has 0 atom stereocenters. The predicted octanol–water partition coefficient (Wildman–Crippen LogP) is 2.53. The number of H-pyrrole nitrogens is 1. The van der Waals surface area contributed by atoms with E-state index in [0.29, 0.717) is 0 Å². The summed E-state index contributed by atoms with van der Waals surface area (Å²) in [5.74, 6) is 0. The first-order valence-electron chi connectivity index (χ1n) is 6.32. The Morgan fingerprint density at radius 1 is 1.12 bits per heavy atom. The highest BCUT2D eigenvalue weighted by atomic mass is 15.1. The predicted molar refractivity (Wildman–Crippen MR) is 71.2 cm³/mol. The normalized spacial score (nSPS) is 17.3. The molecule has 17 heavy (non-hydrogen) atoms. The van der Waals surface area contributed by atoms with Gasteiger partial charge in [-0.05, 0) is 25.0 Å². The van der Waals surface area contributed by atoms with E-state index in [1.807, 2.05) is 12.3 Å². The van der Waals surface area contributed by atoms with E-state index in [2.05, 4.69) is 21.2 Å². The third-order valence-electron chi connectivity index (χ3n) is 3.53. The van der Waals surface area contributed by atoms with Gasteiger partial charge >= 0.3 is 0 Å². The van der Waals surface area contributed by atoms with Gasteiger partial charge in [0.05, 0.1) is 23.1 Å². The van der Waals surface area contributed by atoms with Gasteiger partial charge in [-0.25, -0.2) is 0 Å². The molecule has 0 spiro atoms. The van der Waals surface area contributed by atoms with Crippen molar-refractivity contribution in [2.45, 2.75) is 25.7 Å². The molecule has 1 aromatic heterocycles. The number of aromatic amines is 1. The number of aromatic nitrogens is 2. The summed E-state index contributed by atoms with van der Waals surface area (Å²) in [6, 6.07) is 4.14. The molecule has 1 aliphatic heterocycles. The van der Waals surface area contributed by atoms with E-state index in [1.165, 1.54) is 25.7 Å². The third-order valence-corrected chi connectivity index (χ3v) is 3.53. The molecule has 90 valence electrons. The smallest absolute Gasteiger partial charge is 0.0672 e. The molecule has 2 aromatic rings. The maximum Gasteiger partial charge on any atom is 0.0672 e. The van der Waals surface area contributed by atoms with E-state index in [0.717, 1.165) is 35.4 Å². The first-order valence-corrected chi connectivity index (χ1v) is 6.32. The summed E-state index contributed by atoms with van der Waals surface area (Å²) >= 11 is 0. The molecule has 4 heteroatoms. The van der Waals surface area contributed by atoms with Gasteiger partial charge in [-0.3, -0.25) is 5.10 Å². The van der Waals surface area contributed by atoms with Crippen LogP contribution < -0.4 is 10.6 Å². The van der Waals surface area contributed by atoms with E-state index in [4.69, 9.17) is 5.73 Å². The topological polar surface area (TPSA) is 57.9 Å². The maximum absolute atomic E-state index is 6.14. The van der Waals surface area contributed by atoms with Crippen molar-refractivity contribution in [2.75, 3.05) is 23.7 Å². The molecule has 1 aromatic carbocycles. The lowest BCUT2D eigenvalue weighted by Gasteiger charge is -2.24. The second-order valence-corrected chi connectivity index (χ2v) is 4.77. The Hall–Kier alpha value is -1.71. The first kappa shape index (κ1) is 10.4. The highest BCUT2D eigenvalue weighted by Gasteiger charge is 2.13. The van der Waals surface area contributed by atoms with Gasteiger partial charge in [-0.2, -0.15) is 5.10 Å². The second-order valence-electron chi connectivity index (χ2n) is 4.77. The van der Waals surface area contributed by atoms with Gasteiger partial charge in [0, 0.05) is 18.5 Å². The minimum atomic E-state index is 0.862. The quantitative estimate of drug-likeness (QED) is 0.740. The molecule has 0 unspecified atom stereocenters. The summed E-state index contributed by atoms with van der Waals surface area (Å²) in [5.41, 5.74) is 9.23. The number of benzene rings is 1. The summed E-state index contributed by atoms with van der Waals surface area (Å²) < 4.78 is 0. The van der Waals surface area contributed by atoms with E-state index < -0.39 is 0 Å². The van der Waals surface area contributed by atoms with Crippen molar-refractivity contribution in [3.63, 3.8) is 0 Å². The number of hydrogen-bond donors (Lipinski definition) is 2. The van der Waals surface area contributed by atoms with E-state index in [9.17, 15) is 0 Å². The van der Waals surface area contributed by atoms with Gasteiger partial charge in [-0.1, -0.05) is 12.8 Å². The van der Waals surface area contributed by atoms with Crippen LogP contribution in [0, 0.1) is 0 Å². The Morgan fingerprint density at radius 3 is 2.65 bits per heavy atom. The molecule has 1 fully saturated rings. The lowest BCUT2D eigenvalue weighted by atomic mass is 10.2. The molecular weight excluding hydrogens is 212 g/mol. The molecule has 0 aliphatic carbocycles. The fraction of sp³-hybridized carbons (Fsp3) is 0.462. The third kappa shape index (κ3) is 1.95. The van der Waals surface area contributed by atoms with Crippen LogP contribution in [0.3, 0.4) is 0 Å². The minimum Gasteiger partial charge on any atom is -0.397 e. The van der Waals surface area contributed by atoms with Gasteiger partial charge < -0.3 is 10.6 Å². The molecule has 1 saturated heterocycles. The van der Waals surface area contributed by atoms with Crippen LogP contribution in [0.5, 0.6) is 0 Å². The average Bonchev–Trinajstić information content (AvgIpc) is 2.62. The minimum absolute atomic E-state index is 0.862. The van der Waals surface area contributed by atoms with Crippen LogP contribution in [0.1, 0.15) is 25.7 Å². The van der Waals surface area contributed by atoms with Crippen molar-refractivity contribution in [3.8, 4) is 0 Å². The molecular formula is C13H18N4. The zero-order chi connectivity index (χ0) is 11.7. The summed E-state index contributed by atoms with van der Waals surface area (Å²) in [6.45, 7) is 2.23. The lowest BCUT2D eigenvalue weighted by molar-refractivity contribution is 0.726. The molecule has 3 rings (SSSR count). The SMILES string of the molecule is Nc1cc2cn[nH]c2cc1N1CCCCCC1. The number of hydrogen-bond acceptors (Lipinski definition) is 3. The Labute approximate surface area is 101 Å². The summed E-state index contributed by atoms with van der Waals surface area (Å²) in [7, 11) is 0. The number of nitrogens with zero attached hydrogens (tertiary/aromatic N) is 2. The monoisotopic (exact) mass is 230 g/mol. The van der Waals surface area contributed by atoms with Crippen LogP contribution >= 0.6 is 0 Å².